The monoisotopic (exact) mass is 210 g/mol. The van der Waals surface area contributed by atoms with Crippen molar-refractivity contribution in [1.82, 2.24) is 0 Å². The van der Waals surface area contributed by atoms with E-state index in [4.69, 9.17) is 0 Å². The average Bonchev–Trinajstić information content (AvgIpc) is 2.24. The maximum absolute atomic E-state index is 11.9. The Morgan fingerprint density at radius 3 is 2.29 bits per heavy atom. The van der Waals surface area contributed by atoms with E-state index in [9.17, 15) is 4.79 Å². The molecule has 0 bridgehead atoms. The fourth-order valence-corrected chi connectivity index (χ4v) is 7.28. The van der Waals surface area contributed by atoms with Crippen LogP contribution < -0.4 is 0 Å². The summed E-state index contributed by atoms with van der Waals surface area (Å²) in [7, 11) is -1.28. The Labute approximate surface area is 88.6 Å². The van der Waals surface area contributed by atoms with Gasteiger partial charge in [-0.3, -0.25) is 4.79 Å². The molecule has 0 saturated heterocycles. The highest BCUT2D eigenvalue weighted by Gasteiger charge is 2.39. The second kappa shape index (κ2) is 4.92. The Kier molecular flexibility index (Phi) is 4.11. The van der Waals surface area contributed by atoms with Crippen molar-refractivity contribution in [3.05, 3.63) is 12.2 Å². The van der Waals surface area contributed by atoms with E-state index in [0.717, 1.165) is 12.8 Å². The van der Waals surface area contributed by atoms with Crippen LogP contribution in [0.1, 0.15) is 33.6 Å². The lowest BCUT2D eigenvalue weighted by molar-refractivity contribution is -0.115. The summed E-state index contributed by atoms with van der Waals surface area (Å²) in [5.41, 5.74) is 0.424. The summed E-state index contributed by atoms with van der Waals surface area (Å²) in [6, 6.07) is 3.80. The average molecular weight is 210 g/mol. The number of rotatable bonds is 4. The molecule has 0 aromatic heterocycles. The molecule has 0 aliphatic heterocycles. The van der Waals surface area contributed by atoms with Gasteiger partial charge in [-0.2, -0.15) is 0 Å². The number of ketones is 1. The summed E-state index contributed by atoms with van der Waals surface area (Å²) in [5, 5.41) is 0. The van der Waals surface area contributed by atoms with Crippen molar-refractivity contribution in [3.63, 3.8) is 0 Å². The first-order valence-electron chi connectivity index (χ1n) is 5.90. The van der Waals surface area contributed by atoms with E-state index in [1.807, 2.05) is 12.2 Å². The minimum Gasteiger partial charge on any atom is -0.295 e. The van der Waals surface area contributed by atoms with Crippen molar-refractivity contribution < 1.29 is 4.79 Å². The van der Waals surface area contributed by atoms with Crippen molar-refractivity contribution in [2.75, 3.05) is 0 Å². The van der Waals surface area contributed by atoms with Gasteiger partial charge in [0.2, 0.25) is 0 Å². The summed E-state index contributed by atoms with van der Waals surface area (Å²) >= 11 is 0. The summed E-state index contributed by atoms with van der Waals surface area (Å²) < 4.78 is 0. The molecule has 2 heteroatoms. The van der Waals surface area contributed by atoms with Gasteiger partial charge in [0, 0.05) is 5.54 Å². The molecule has 0 fully saturated rings. The molecule has 0 aromatic carbocycles. The van der Waals surface area contributed by atoms with E-state index >= 15 is 0 Å². The third-order valence-corrected chi connectivity index (χ3v) is 10.4. The molecule has 0 heterocycles. The molecule has 1 aliphatic rings. The first-order valence-corrected chi connectivity index (χ1v) is 8.60. The van der Waals surface area contributed by atoms with Crippen LogP contribution >= 0.6 is 0 Å². The number of hydrogen-bond donors (Lipinski definition) is 0. The maximum atomic E-state index is 11.9. The van der Waals surface area contributed by atoms with Gasteiger partial charge < -0.3 is 0 Å². The predicted molar refractivity (Wildman–Crippen MR) is 64.3 cm³/mol. The zero-order valence-electron chi connectivity index (χ0n) is 9.68. The van der Waals surface area contributed by atoms with Crippen molar-refractivity contribution in [3.8, 4) is 0 Å². The van der Waals surface area contributed by atoms with Gasteiger partial charge in [-0.1, -0.05) is 45.0 Å². The standard InChI is InChI=1S/C12H22OSi/c1-4-14(5-2,6-3)12-10-8-7-9-11(12)13/h7,9,12H,4-6,8,10H2,1-3H3/t12-/m0/s1. The Balaban J connectivity index is 2.87. The molecule has 0 amide bonds. The highest BCUT2D eigenvalue weighted by molar-refractivity contribution is 6.84. The summed E-state index contributed by atoms with van der Waals surface area (Å²) in [5.74, 6) is 0.425. The summed E-state index contributed by atoms with van der Waals surface area (Å²) in [6.07, 6.45) is 6.11. The molecule has 0 saturated carbocycles. The maximum Gasteiger partial charge on any atom is 0.155 e. The van der Waals surface area contributed by atoms with E-state index in [0.29, 0.717) is 11.3 Å². The van der Waals surface area contributed by atoms with Crippen LogP contribution in [0.3, 0.4) is 0 Å². The lowest BCUT2D eigenvalue weighted by Gasteiger charge is -2.36. The lowest BCUT2D eigenvalue weighted by Crippen LogP contribution is -2.41. The van der Waals surface area contributed by atoms with Crippen molar-refractivity contribution >= 4 is 13.9 Å². The van der Waals surface area contributed by atoms with Crippen molar-refractivity contribution in [1.29, 1.82) is 0 Å². The topological polar surface area (TPSA) is 17.1 Å². The second-order valence-corrected chi connectivity index (χ2v) is 9.90. The van der Waals surface area contributed by atoms with Gasteiger partial charge in [0.1, 0.15) is 0 Å². The Morgan fingerprint density at radius 1 is 1.29 bits per heavy atom. The SMILES string of the molecule is CC[Si](CC)(CC)[C@H]1CCC=CC1=O. The van der Waals surface area contributed by atoms with E-state index in [1.54, 1.807) is 0 Å². The Hall–Kier alpha value is -0.373. The number of hydrogen-bond acceptors (Lipinski definition) is 1. The van der Waals surface area contributed by atoms with Crippen LogP contribution in [0.5, 0.6) is 0 Å². The second-order valence-electron chi connectivity index (χ2n) is 4.36. The van der Waals surface area contributed by atoms with Crippen LogP contribution in [0, 0.1) is 0 Å². The van der Waals surface area contributed by atoms with Gasteiger partial charge in [-0.25, -0.2) is 0 Å². The minimum atomic E-state index is -1.28. The van der Waals surface area contributed by atoms with Crippen LogP contribution in [0.15, 0.2) is 12.2 Å². The normalized spacial score (nSPS) is 22.8. The molecule has 1 aliphatic carbocycles. The molecule has 0 aromatic rings. The number of carbonyl (C=O) groups is 1. The molecule has 0 spiro atoms. The van der Waals surface area contributed by atoms with Crippen molar-refractivity contribution in [2.45, 2.75) is 57.3 Å². The molecule has 0 N–H and O–H groups in total. The van der Waals surface area contributed by atoms with Crippen LogP contribution in [0.25, 0.3) is 0 Å². The summed E-state index contributed by atoms with van der Waals surface area (Å²) in [4.78, 5) is 11.9. The molecule has 1 nitrogen and oxygen atoms in total. The highest BCUT2D eigenvalue weighted by Crippen LogP contribution is 2.39. The number of carbonyl (C=O) groups excluding carboxylic acids is 1. The smallest absolute Gasteiger partial charge is 0.155 e. The van der Waals surface area contributed by atoms with Gasteiger partial charge in [-0.15, -0.1) is 0 Å². The molecule has 1 rings (SSSR count). The van der Waals surface area contributed by atoms with Gasteiger partial charge >= 0.3 is 0 Å². The van der Waals surface area contributed by atoms with Gasteiger partial charge in [0.25, 0.3) is 0 Å². The van der Waals surface area contributed by atoms with E-state index < -0.39 is 8.07 Å². The zero-order valence-corrected chi connectivity index (χ0v) is 10.7. The predicted octanol–water partition coefficient (Wildman–Crippen LogP) is 3.78. The zero-order chi connectivity index (χ0) is 10.6. The molecule has 1 atom stereocenters. The van der Waals surface area contributed by atoms with Gasteiger partial charge in [-0.05, 0) is 18.9 Å². The lowest BCUT2D eigenvalue weighted by atomic mass is 10.1. The molecular weight excluding hydrogens is 188 g/mol. The third-order valence-electron chi connectivity index (χ3n) is 4.10. The van der Waals surface area contributed by atoms with Crippen molar-refractivity contribution in [2.24, 2.45) is 0 Å². The Morgan fingerprint density at radius 2 is 1.86 bits per heavy atom. The van der Waals surface area contributed by atoms with Gasteiger partial charge in [0.05, 0.1) is 8.07 Å². The van der Waals surface area contributed by atoms with Crippen LogP contribution in [0.2, 0.25) is 23.7 Å². The molecule has 80 valence electrons. The first kappa shape index (κ1) is 11.7. The molecule has 14 heavy (non-hydrogen) atoms. The number of allylic oxidation sites excluding steroid dienone is 2. The van der Waals surface area contributed by atoms with Crippen LogP contribution in [0.4, 0.5) is 0 Å². The van der Waals surface area contributed by atoms with Crippen LogP contribution in [-0.4, -0.2) is 13.9 Å². The molecule has 0 unspecified atom stereocenters. The fraction of sp³-hybridized carbons (Fsp3) is 0.750. The highest BCUT2D eigenvalue weighted by atomic mass is 28.3. The van der Waals surface area contributed by atoms with E-state index in [2.05, 4.69) is 20.8 Å². The minimum absolute atomic E-state index is 0.424. The van der Waals surface area contributed by atoms with Gasteiger partial charge in [0.15, 0.2) is 5.78 Å². The first-order chi connectivity index (χ1) is 6.70. The molecular formula is C12H22OSi. The third kappa shape index (κ3) is 2.00. The largest absolute Gasteiger partial charge is 0.295 e. The fourth-order valence-electron chi connectivity index (χ4n) is 2.82. The van der Waals surface area contributed by atoms with E-state index in [-0.39, 0.29) is 0 Å². The van der Waals surface area contributed by atoms with Crippen LogP contribution in [-0.2, 0) is 4.79 Å². The quantitative estimate of drug-likeness (QED) is 0.645. The molecule has 0 radical (unpaired) electrons. The summed E-state index contributed by atoms with van der Waals surface area (Å²) in [6.45, 7) is 6.85. The van der Waals surface area contributed by atoms with E-state index in [1.165, 1.54) is 18.1 Å². The Bertz CT molecular complexity index is 220.